The predicted octanol–water partition coefficient (Wildman–Crippen LogP) is 2.47. The van der Waals surface area contributed by atoms with Gasteiger partial charge in [-0.2, -0.15) is 4.98 Å². The van der Waals surface area contributed by atoms with Gasteiger partial charge in [0, 0.05) is 0 Å². The number of nitrogens with two attached hydrogens (primary N) is 1. The zero-order valence-corrected chi connectivity index (χ0v) is 10.9. The van der Waals surface area contributed by atoms with Crippen LogP contribution >= 0.6 is 0 Å². The van der Waals surface area contributed by atoms with Crippen LogP contribution in [0, 0.1) is 0 Å². The maximum atomic E-state index is 6.20. The molecule has 0 saturated heterocycles. The Morgan fingerprint density at radius 2 is 2.16 bits per heavy atom. The fourth-order valence-corrected chi connectivity index (χ4v) is 2.24. The van der Waals surface area contributed by atoms with Crippen molar-refractivity contribution >= 4 is 0 Å². The van der Waals surface area contributed by atoms with Gasteiger partial charge in [-0.1, -0.05) is 17.3 Å². The molecule has 0 unspecified atom stereocenters. The Bertz CT molecular complexity index is 576. The molecule has 1 aliphatic rings. The molecule has 3 rings (SSSR count). The predicted molar refractivity (Wildman–Crippen MR) is 70.6 cm³/mol. The minimum Gasteiger partial charge on any atom is -0.493 e. The number of hydrogen-bond donors (Lipinski definition) is 1. The molecule has 1 aliphatic carbocycles. The number of rotatable bonds is 4. The maximum Gasteiger partial charge on any atom is 0.261 e. The molecule has 5 nitrogen and oxygen atoms in total. The number of hydrogen-bond acceptors (Lipinski definition) is 5. The molecule has 1 heterocycles. The lowest BCUT2D eigenvalue weighted by atomic mass is 9.77. The van der Waals surface area contributed by atoms with Crippen LogP contribution in [-0.4, -0.2) is 16.7 Å². The van der Waals surface area contributed by atoms with E-state index in [0.29, 0.717) is 18.3 Å². The van der Waals surface area contributed by atoms with Crippen LogP contribution in [0.5, 0.6) is 5.75 Å². The average Bonchev–Trinajstić information content (AvgIpc) is 2.87. The van der Waals surface area contributed by atoms with Crippen LogP contribution in [0.25, 0.3) is 11.5 Å². The Balaban J connectivity index is 1.94. The molecule has 0 spiro atoms. The molecule has 100 valence electrons. The van der Waals surface area contributed by atoms with Gasteiger partial charge in [-0.15, -0.1) is 0 Å². The lowest BCUT2D eigenvalue weighted by molar-refractivity contribution is 0.229. The number of para-hydroxylation sites is 1. The van der Waals surface area contributed by atoms with E-state index in [4.69, 9.17) is 15.0 Å². The highest BCUT2D eigenvalue weighted by Crippen LogP contribution is 2.38. The molecular weight excluding hydrogens is 242 g/mol. The lowest BCUT2D eigenvalue weighted by Crippen LogP contribution is -2.44. The molecule has 19 heavy (non-hydrogen) atoms. The maximum absolute atomic E-state index is 6.20. The van der Waals surface area contributed by atoms with Gasteiger partial charge in [-0.25, -0.2) is 0 Å². The smallest absolute Gasteiger partial charge is 0.261 e. The van der Waals surface area contributed by atoms with Crippen molar-refractivity contribution in [3.8, 4) is 17.2 Å². The summed E-state index contributed by atoms with van der Waals surface area (Å²) in [6.07, 6.45) is 2.95. The van der Waals surface area contributed by atoms with Gasteiger partial charge in [-0.05, 0) is 38.3 Å². The number of nitrogens with zero attached hydrogens (tertiary/aromatic N) is 2. The lowest BCUT2D eigenvalue weighted by Gasteiger charge is -2.34. The minimum absolute atomic E-state index is 0.400. The zero-order valence-electron chi connectivity index (χ0n) is 10.9. The molecule has 0 atom stereocenters. The van der Waals surface area contributed by atoms with E-state index in [1.54, 1.807) is 0 Å². The van der Waals surface area contributed by atoms with E-state index in [-0.39, 0.29) is 0 Å². The molecule has 1 aromatic heterocycles. The van der Waals surface area contributed by atoms with Gasteiger partial charge in [0.15, 0.2) is 5.82 Å². The van der Waals surface area contributed by atoms with E-state index < -0.39 is 5.54 Å². The van der Waals surface area contributed by atoms with Crippen LogP contribution in [0.1, 0.15) is 32.0 Å². The fraction of sp³-hybridized carbons (Fsp3) is 0.429. The van der Waals surface area contributed by atoms with Gasteiger partial charge < -0.3 is 15.0 Å². The molecule has 0 amide bonds. The van der Waals surface area contributed by atoms with Crippen molar-refractivity contribution in [1.82, 2.24) is 10.1 Å². The van der Waals surface area contributed by atoms with Crippen molar-refractivity contribution in [3.63, 3.8) is 0 Å². The fourth-order valence-electron chi connectivity index (χ4n) is 2.24. The number of aromatic nitrogens is 2. The van der Waals surface area contributed by atoms with Gasteiger partial charge in [0.2, 0.25) is 0 Å². The van der Waals surface area contributed by atoms with Crippen LogP contribution in [0.4, 0.5) is 0 Å². The quantitative estimate of drug-likeness (QED) is 0.913. The molecule has 2 N–H and O–H groups in total. The molecule has 0 bridgehead atoms. The third-order valence-corrected chi connectivity index (χ3v) is 3.53. The number of ether oxygens (including phenoxy) is 1. The largest absolute Gasteiger partial charge is 0.493 e. The van der Waals surface area contributed by atoms with Crippen molar-refractivity contribution in [2.45, 2.75) is 31.7 Å². The second kappa shape index (κ2) is 4.66. The third kappa shape index (κ3) is 2.10. The summed E-state index contributed by atoms with van der Waals surface area (Å²) in [6, 6.07) is 7.64. The van der Waals surface area contributed by atoms with Gasteiger partial charge in [0.05, 0.1) is 17.7 Å². The van der Waals surface area contributed by atoms with E-state index in [1.165, 1.54) is 0 Å². The second-order valence-electron chi connectivity index (χ2n) is 4.86. The van der Waals surface area contributed by atoms with Crippen molar-refractivity contribution in [3.05, 3.63) is 30.1 Å². The summed E-state index contributed by atoms with van der Waals surface area (Å²) in [6.45, 7) is 2.54. The van der Waals surface area contributed by atoms with Crippen LogP contribution in [-0.2, 0) is 5.54 Å². The van der Waals surface area contributed by atoms with Crippen LogP contribution < -0.4 is 10.5 Å². The first-order valence-corrected chi connectivity index (χ1v) is 6.58. The average molecular weight is 259 g/mol. The molecular formula is C14H17N3O2. The Labute approximate surface area is 111 Å². The first-order valence-electron chi connectivity index (χ1n) is 6.58. The standard InChI is InChI=1S/C14H17N3O2/c1-2-18-11-7-4-3-6-10(11)12-16-13(17-19-12)14(15)8-5-9-14/h3-4,6-7H,2,5,8-9,15H2,1H3. The van der Waals surface area contributed by atoms with Crippen molar-refractivity contribution in [1.29, 1.82) is 0 Å². The Morgan fingerprint density at radius 1 is 1.37 bits per heavy atom. The van der Waals surface area contributed by atoms with Gasteiger partial charge in [-0.3, -0.25) is 0 Å². The summed E-state index contributed by atoms with van der Waals surface area (Å²) < 4.78 is 10.9. The van der Waals surface area contributed by atoms with Gasteiger partial charge in [0.25, 0.3) is 5.89 Å². The van der Waals surface area contributed by atoms with Crippen LogP contribution in [0.3, 0.4) is 0 Å². The molecule has 0 aliphatic heterocycles. The van der Waals surface area contributed by atoms with Crippen molar-refractivity contribution < 1.29 is 9.26 Å². The first-order chi connectivity index (χ1) is 9.23. The highest BCUT2D eigenvalue weighted by atomic mass is 16.5. The summed E-state index contributed by atoms with van der Waals surface area (Å²) in [4.78, 5) is 4.43. The Hall–Kier alpha value is -1.88. The summed E-state index contributed by atoms with van der Waals surface area (Å²) in [7, 11) is 0. The van der Waals surface area contributed by atoms with Crippen molar-refractivity contribution in [2.24, 2.45) is 5.73 Å². The zero-order chi connectivity index (χ0) is 13.3. The highest BCUT2D eigenvalue weighted by Gasteiger charge is 2.39. The molecule has 5 heteroatoms. The molecule has 1 fully saturated rings. The molecule has 0 radical (unpaired) electrons. The van der Waals surface area contributed by atoms with E-state index in [1.807, 2.05) is 31.2 Å². The van der Waals surface area contributed by atoms with E-state index in [2.05, 4.69) is 10.1 Å². The summed E-state index contributed by atoms with van der Waals surface area (Å²) in [5, 5.41) is 4.02. The summed E-state index contributed by atoms with van der Waals surface area (Å²) in [5.41, 5.74) is 6.61. The van der Waals surface area contributed by atoms with Gasteiger partial charge >= 0.3 is 0 Å². The van der Waals surface area contributed by atoms with Crippen molar-refractivity contribution in [2.75, 3.05) is 6.61 Å². The minimum atomic E-state index is -0.400. The summed E-state index contributed by atoms with van der Waals surface area (Å²) >= 11 is 0. The third-order valence-electron chi connectivity index (χ3n) is 3.53. The topological polar surface area (TPSA) is 74.2 Å². The van der Waals surface area contributed by atoms with E-state index in [9.17, 15) is 0 Å². The molecule has 1 saturated carbocycles. The first kappa shape index (κ1) is 12.2. The van der Waals surface area contributed by atoms with E-state index in [0.717, 1.165) is 30.6 Å². The number of benzene rings is 1. The second-order valence-corrected chi connectivity index (χ2v) is 4.86. The Morgan fingerprint density at radius 3 is 2.84 bits per heavy atom. The normalized spacial score (nSPS) is 16.9. The van der Waals surface area contributed by atoms with E-state index >= 15 is 0 Å². The monoisotopic (exact) mass is 259 g/mol. The highest BCUT2D eigenvalue weighted by molar-refractivity contribution is 5.62. The summed E-state index contributed by atoms with van der Waals surface area (Å²) in [5.74, 6) is 1.82. The molecule has 2 aromatic rings. The van der Waals surface area contributed by atoms with Gasteiger partial charge in [0.1, 0.15) is 5.75 Å². The van der Waals surface area contributed by atoms with Crippen LogP contribution in [0.15, 0.2) is 28.8 Å². The molecule has 1 aromatic carbocycles. The van der Waals surface area contributed by atoms with Crippen LogP contribution in [0.2, 0.25) is 0 Å². The SMILES string of the molecule is CCOc1ccccc1-c1nc(C2(N)CCC2)no1. The Kier molecular flexibility index (Phi) is 2.98.